The van der Waals surface area contributed by atoms with Crippen LogP contribution in [0.25, 0.3) is 0 Å². The Morgan fingerprint density at radius 1 is 1.04 bits per heavy atom. The van der Waals surface area contributed by atoms with E-state index in [0.29, 0.717) is 30.2 Å². The second kappa shape index (κ2) is 8.82. The van der Waals surface area contributed by atoms with E-state index in [-0.39, 0.29) is 5.91 Å². The molecule has 128 valence electrons. The lowest BCUT2D eigenvalue weighted by atomic mass is 10.1. The van der Waals surface area contributed by atoms with Crippen LogP contribution in [-0.4, -0.2) is 26.7 Å². The van der Waals surface area contributed by atoms with E-state index >= 15 is 0 Å². The summed E-state index contributed by atoms with van der Waals surface area (Å²) in [5.74, 6) is 1.17. The van der Waals surface area contributed by atoms with Gasteiger partial charge in [-0.2, -0.15) is 0 Å². The lowest BCUT2D eigenvalue weighted by Gasteiger charge is -2.12. The lowest BCUT2D eigenvalue weighted by Crippen LogP contribution is -2.16. The van der Waals surface area contributed by atoms with Gasteiger partial charge >= 0.3 is 0 Å². The van der Waals surface area contributed by atoms with Gasteiger partial charge in [0.1, 0.15) is 0 Å². The zero-order chi connectivity index (χ0) is 17.4. The molecule has 0 saturated heterocycles. The van der Waals surface area contributed by atoms with Crippen LogP contribution in [-0.2, 0) is 11.2 Å². The molecule has 2 aromatic carbocycles. The van der Waals surface area contributed by atoms with Gasteiger partial charge in [-0.15, -0.1) is 0 Å². The highest BCUT2D eigenvalue weighted by atomic mass is 16.5. The molecule has 0 unspecified atom stereocenters. The molecule has 2 aromatic rings. The molecule has 0 aliphatic carbocycles. The number of hydrogen-bond acceptors (Lipinski definition) is 4. The number of nitrogens with one attached hydrogen (secondary N) is 2. The van der Waals surface area contributed by atoms with E-state index in [1.54, 1.807) is 32.4 Å². The predicted octanol–water partition coefficient (Wildman–Crippen LogP) is 3.71. The molecule has 2 N–H and O–H groups in total. The molecule has 0 radical (unpaired) electrons. The van der Waals surface area contributed by atoms with Crippen LogP contribution in [0.15, 0.2) is 42.5 Å². The zero-order valence-electron chi connectivity index (χ0n) is 14.4. The molecule has 1 amide bonds. The van der Waals surface area contributed by atoms with Crippen LogP contribution in [0.5, 0.6) is 11.5 Å². The van der Waals surface area contributed by atoms with Gasteiger partial charge in [-0.3, -0.25) is 4.79 Å². The van der Waals surface area contributed by atoms with Gasteiger partial charge < -0.3 is 20.1 Å². The van der Waals surface area contributed by atoms with Crippen LogP contribution in [0.4, 0.5) is 11.4 Å². The van der Waals surface area contributed by atoms with Crippen molar-refractivity contribution in [3.8, 4) is 11.5 Å². The van der Waals surface area contributed by atoms with Crippen LogP contribution < -0.4 is 20.1 Å². The van der Waals surface area contributed by atoms with Crippen molar-refractivity contribution in [2.75, 3.05) is 31.4 Å². The van der Waals surface area contributed by atoms with Crippen molar-refractivity contribution in [2.45, 2.75) is 19.8 Å². The molecule has 0 aliphatic rings. The number of amides is 1. The summed E-state index contributed by atoms with van der Waals surface area (Å²) in [6.45, 7) is 2.69. The van der Waals surface area contributed by atoms with Gasteiger partial charge in [0.2, 0.25) is 5.91 Å². The first kappa shape index (κ1) is 17.7. The van der Waals surface area contributed by atoms with Crippen LogP contribution in [0.3, 0.4) is 0 Å². The predicted molar refractivity (Wildman–Crippen MR) is 97.1 cm³/mol. The largest absolute Gasteiger partial charge is 0.493 e. The molecule has 0 fully saturated rings. The number of para-hydroxylation sites is 1. The van der Waals surface area contributed by atoms with Crippen molar-refractivity contribution in [2.24, 2.45) is 0 Å². The number of benzene rings is 2. The molecule has 0 atom stereocenters. The van der Waals surface area contributed by atoms with Crippen molar-refractivity contribution in [3.63, 3.8) is 0 Å². The number of carbonyl (C=O) groups is 1. The number of hydrogen-bond donors (Lipinski definition) is 2. The Bertz CT molecular complexity index is 686. The van der Waals surface area contributed by atoms with Crippen molar-refractivity contribution in [1.29, 1.82) is 0 Å². The summed E-state index contributed by atoms with van der Waals surface area (Å²) in [7, 11) is 3.15. The Morgan fingerprint density at radius 2 is 1.79 bits per heavy atom. The highest BCUT2D eigenvalue weighted by Crippen LogP contribution is 2.29. The normalized spacial score (nSPS) is 10.1. The maximum Gasteiger partial charge on any atom is 0.226 e. The smallest absolute Gasteiger partial charge is 0.226 e. The van der Waals surface area contributed by atoms with Crippen LogP contribution >= 0.6 is 0 Å². The van der Waals surface area contributed by atoms with E-state index in [2.05, 4.69) is 23.6 Å². The number of methoxy groups -OCH3 is 2. The van der Waals surface area contributed by atoms with Crippen molar-refractivity contribution >= 4 is 17.3 Å². The topological polar surface area (TPSA) is 59.6 Å². The molecule has 0 bridgehead atoms. The first-order valence-electron chi connectivity index (χ1n) is 8.01. The summed E-state index contributed by atoms with van der Waals surface area (Å²) in [5.41, 5.74) is 3.02. The third-order valence-corrected chi connectivity index (χ3v) is 3.73. The molecule has 5 nitrogen and oxygen atoms in total. The third-order valence-electron chi connectivity index (χ3n) is 3.73. The van der Waals surface area contributed by atoms with Crippen molar-refractivity contribution < 1.29 is 14.3 Å². The molecule has 0 saturated carbocycles. The van der Waals surface area contributed by atoms with Gasteiger partial charge in [0.15, 0.2) is 11.5 Å². The van der Waals surface area contributed by atoms with Gasteiger partial charge in [0.25, 0.3) is 0 Å². The van der Waals surface area contributed by atoms with Crippen LogP contribution in [0.1, 0.15) is 18.9 Å². The van der Waals surface area contributed by atoms with Crippen molar-refractivity contribution in [1.82, 2.24) is 0 Å². The van der Waals surface area contributed by atoms with E-state index in [0.717, 1.165) is 12.1 Å². The summed E-state index contributed by atoms with van der Waals surface area (Å²) < 4.78 is 10.4. The maximum atomic E-state index is 12.1. The summed E-state index contributed by atoms with van der Waals surface area (Å²) in [6, 6.07) is 13.4. The Labute approximate surface area is 143 Å². The highest BCUT2D eigenvalue weighted by molar-refractivity contribution is 5.91. The molecular weight excluding hydrogens is 304 g/mol. The number of rotatable bonds is 8. The van der Waals surface area contributed by atoms with E-state index in [9.17, 15) is 4.79 Å². The Kier molecular flexibility index (Phi) is 6.49. The fourth-order valence-corrected chi connectivity index (χ4v) is 2.45. The minimum atomic E-state index is -0.0521. The van der Waals surface area contributed by atoms with E-state index < -0.39 is 0 Å². The number of aryl methyl sites for hydroxylation is 1. The summed E-state index contributed by atoms with van der Waals surface area (Å²) in [6.07, 6.45) is 1.34. The number of anilines is 2. The SMILES string of the molecule is CCc1ccccc1NCCC(=O)Nc1ccc(OC)c(OC)c1. The Morgan fingerprint density at radius 3 is 2.50 bits per heavy atom. The Balaban J connectivity index is 1.87. The quantitative estimate of drug-likeness (QED) is 0.775. The minimum Gasteiger partial charge on any atom is -0.493 e. The molecule has 5 heteroatoms. The second-order valence-electron chi connectivity index (χ2n) is 5.31. The fraction of sp³-hybridized carbons (Fsp3) is 0.316. The van der Waals surface area contributed by atoms with Crippen LogP contribution in [0.2, 0.25) is 0 Å². The summed E-state index contributed by atoms with van der Waals surface area (Å²) in [4.78, 5) is 12.1. The molecule has 24 heavy (non-hydrogen) atoms. The fourth-order valence-electron chi connectivity index (χ4n) is 2.45. The maximum absolute atomic E-state index is 12.1. The van der Waals surface area contributed by atoms with Gasteiger partial charge in [-0.1, -0.05) is 25.1 Å². The Hall–Kier alpha value is -2.69. The van der Waals surface area contributed by atoms with Crippen LogP contribution in [0, 0.1) is 0 Å². The van der Waals surface area contributed by atoms with Gasteiger partial charge in [0, 0.05) is 30.4 Å². The summed E-state index contributed by atoms with van der Waals surface area (Å²) in [5, 5.41) is 6.18. The first-order valence-corrected chi connectivity index (χ1v) is 8.01. The van der Waals surface area contributed by atoms with E-state index in [1.807, 2.05) is 18.2 Å². The zero-order valence-corrected chi connectivity index (χ0v) is 14.4. The van der Waals surface area contributed by atoms with Crippen molar-refractivity contribution in [3.05, 3.63) is 48.0 Å². The summed E-state index contributed by atoms with van der Waals surface area (Å²) >= 11 is 0. The molecule has 0 aliphatic heterocycles. The van der Waals surface area contributed by atoms with E-state index in [1.165, 1.54) is 5.56 Å². The van der Waals surface area contributed by atoms with Gasteiger partial charge in [-0.05, 0) is 30.2 Å². The lowest BCUT2D eigenvalue weighted by molar-refractivity contribution is -0.115. The van der Waals surface area contributed by atoms with Gasteiger partial charge in [0.05, 0.1) is 14.2 Å². The monoisotopic (exact) mass is 328 g/mol. The molecule has 0 aromatic heterocycles. The molecule has 0 heterocycles. The minimum absolute atomic E-state index is 0.0521. The average Bonchev–Trinajstić information content (AvgIpc) is 2.62. The molecular formula is C19H24N2O3. The van der Waals surface area contributed by atoms with E-state index in [4.69, 9.17) is 9.47 Å². The highest BCUT2D eigenvalue weighted by Gasteiger charge is 2.07. The standard InChI is InChI=1S/C19H24N2O3/c1-4-14-7-5-6-8-16(14)20-12-11-19(22)21-15-9-10-17(23-2)18(13-15)24-3/h5-10,13,20H,4,11-12H2,1-3H3,(H,21,22). The second-order valence-corrected chi connectivity index (χ2v) is 5.31. The van der Waals surface area contributed by atoms with Gasteiger partial charge in [-0.25, -0.2) is 0 Å². The number of carbonyl (C=O) groups excluding carboxylic acids is 1. The average molecular weight is 328 g/mol. The third kappa shape index (κ3) is 4.65. The first-order chi connectivity index (χ1) is 11.7. The molecule has 2 rings (SSSR count). The number of ether oxygens (including phenoxy) is 2. The molecule has 0 spiro atoms.